The van der Waals surface area contributed by atoms with Crippen molar-refractivity contribution >= 4 is 16.9 Å². The van der Waals surface area contributed by atoms with Crippen molar-refractivity contribution in [2.45, 2.75) is 27.2 Å². The van der Waals surface area contributed by atoms with E-state index in [1.165, 1.54) is 6.92 Å². The number of carbonyl (C=O) groups excluding carboxylic acids is 1. The first-order valence-corrected chi connectivity index (χ1v) is 8.38. The third-order valence-corrected chi connectivity index (χ3v) is 4.26. The zero-order valence-corrected chi connectivity index (χ0v) is 15.2. The largest absolute Gasteiger partial charge is 0.496 e. The van der Waals surface area contributed by atoms with Crippen LogP contribution in [0.4, 0.5) is 0 Å². The molecule has 0 unspecified atom stereocenters. The molecule has 0 aliphatic rings. The van der Waals surface area contributed by atoms with Gasteiger partial charge in [0.25, 0.3) is 0 Å². The first-order valence-electron chi connectivity index (χ1n) is 8.38. The van der Waals surface area contributed by atoms with Crippen LogP contribution in [0.1, 0.15) is 25.2 Å². The maximum atomic E-state index is 13.2. The van der Waals surface area contributed by atoms with Gasteiger partial charge in [-0.15, -0.1) is 0 Å². The molecule has 134 valence electrons. The number of rotatable bonds is 4. The molecule has 0 spiro atoms. The Labute approximate surface area is 151 Å². The predicted molar refractivity (Wildman–Crippen MR) is 99.9 cm³/mol. The summed E-state index contributed by atoms with van der Waals surface area (Å²) in [7, 11) is 1.57. The van der Waals surface area contributed by atoms with E-state index in [0.717, 1.165) is 5.56 Å². The first kappa shape index (κ1) is 17.7. The van der Waals surface area contributed by atoms with Crippen molar-refractivity contribution in [2.24, 2.45) is 0 Å². The highest BCUT2D eigenvalue weighted by molar-refractivity contribution is 5.86. The van der Waals surface area contributed by atoms with Crippen LogP contribution in [0.2, 0.25) is 0 Å². The number of para-hydroxylation sites is 1. The van der Waals surface area contributed by atoms with Crippen molar-refractivity contribution in [3.05, 3.63) is 57.9 Å². The van der Waals surface area contributed by atoms with Crippen LogP contribution in [-0.2, 0) is 11.2 Å². The Morgan fingerprint density at radius 2 is 1.88 bits per heavy atom. The minimum absolute atomic E-state index is 0.141. The van der Waals surface area contributed by atoms with Crippen LogP contribution in [0.3, 0.4) is 0 Å². The van der Waals surface area contributed by atoms with Gasteiger partial charge in [-0.05, 0) is 31.0 Å². The topological polar surface area (TPSA) is 65.7 Å². The monoisotopic (exact) mass is 352 g/mol. The molecule has 0 amide bonds. The molecule has 0 aliphatic heterocycles. The van der Waals surface area contributed by atoms with E-state index >= 15 is 0 Å². The quantitative estimate of drug-likeness (QED) is 0.518. The summed E-state index contributed by atoms with van der Waals surface area (Å²) >= 11 is 0. The van der Waals surface area contributed by atoms with Gasteiger partial charge in [-0.25, -0.2) is 0 Å². The molecule has 0 bridgehead atoms. The molecule has 2 aromatic carbocycles. The molecule has 0 aliphatic carbocycles. The van der Waals surface area contributed by atoms with Crippen LogP contribution in [0, 0.1) is 6.92 Å². The van der Waals surface area contributed by atoms with Gasteiger partial charge >= 0.3 is 5.97 Å². The molecule has 0 N–H and O–H groups in total. The summed E-state index contributed by atoms with van der Waals surface area (Å²) in [4.78, 5) is 24.5. The second-order valence-electron chi connectivity index (χ2n) is 5.97. The smallest absolute Gasteiger partial charge is 0.308 e. The van der Waals surface area contributed by atoms with Gasteiger partial charge in [0.1, 0.15) is 22.8 Å². The highest BCUT2D eigenvalue weighted by Crippen LogP contribution is 2.33. The molecule has 3 aromatic rings. The lowest BCUT2D eigenvalue weighted by Gasteiger charge is -2.13. The number of aryl methyl sites for hydroxylation is 2. The summed E-state index contributed by atoms with van der Waals surface area (Å²) in [5.74, 6) is 1.09. The lowest BCUT2D eigenvalue weighted by atomic mass is 10.00. The third-order valence-electron chi connectivity index (χ3n) is 4.26. The van der Waals surface area contributed by atoms with E-state index in [1.54, 1.807) is 32.2 Å². The van der Waals surface area contributed by atoms with E-state index in [1.807, 2.05) is 25.1 Å². The van der Waals surface area contributed by atoms with Crippen molar-refractivity contribution in [1.82, 2.24) is 0 Å². The van der Waals surface area contributed by atoms with Gasteiger partial charge in [0, 0.05) is 18.6 Å². The molecule has 5 nitrogen and oxygen atoms in total. The molecule has 0 radical (unpaired) electrons. The molecule has 5 heteroatoms. The number of methoxy groups -OCH3 is 1. The van der Waals surface area contributed by atoms with Gasteiger partial charge in [-0.2, -0.15) is 0 Å². The summed E-state index contributed by atoms with van der Waals surface area (Å²) < 4.78 is 16.5. The molecule has 0 fully saturated rings. The van der Waals surface area contributed by atoms with E-state index in [9.17, 15) is 9.59 Å². The van der Waals surface area contributed by atoms with Crippen LogP contribution in [0.15, 0.2) is 45.6 Å². The molecule has 0 atom stereocenters. The normalized spacial score (nSPS) is 10.8. The zero-order valence-electron chi connectivity index (χ0n) is 15.2. The highest BCUT2D eigenvalue weighted by atomic mass is 16.5. The highest BCUT2D eigenvalue weighted by Gasteiger charge is 2.18. The standard InChI is InChI=1S/C21H20O5/c1-5-14-10-16-19(11-18(14)26-13(3)22)25-12(2)20(21(16)23)15-8-6-7-9-17(15)24-4/h6-11H,5H2,1-4H3. The minimum atomic E-state index is -0.413. The molecular weight excluding hydrogens is 332 g/mol. The third kappa shape index (κ3) is 3.08. The van der Waals surface area contributed by atoms with E-state index in [2.05, 4.69) is 0 Å². The van der Waals surface area contributed by atoms with Crippen molar-refractivity contribution in [3.8, 4) is 22.6 Å². The lowest BCUT2D eigenvalue weighted by Crippen LogP contribution is -2.10. The second kappa shape index (κ2) is 7.04. The maximum absolute atomic E-state index is 13.2. The van der Waals surface area contributed by atoms with Crippen molar-refractivity contribution in [2.75, 3.05) is 7.11 Å². The van der Waals surface area contributed by atoms with Gasteiger partial charge in [0.05, 0.1) is 18.1 Å². The van der Waals surface area contributed by atoms with Gasteiger partial charge < -0.3 is 13.9 Å². The van der Waals surface area contributed by atoms with Crippen molar-refractivity contribution in [3.63, 3.8) is 0 Å². The minimum Gasteiger partial charge on any atom is -0.496 e. The summed E-state index contributed by atoms with van der Waals surface area (Å²) in [5, 5.41) is 0.448. The number of hydrogen-bond acceptors (Lipinski definition) is 5. The van der Waals surface area contributed by atoms with Gasteiger partial charge in [0.15, 0.2) is 0 Å². The molecular formula is C21H20O5. The molecule has 26 heavy (non-hydrogen) atoms. The average molecular weight is 352 g/mol. The Kier molecular flexibility index (Phi) is 4.80. The molecule has 1 aromatic heterocycles. The summed E-state index contributed by atoms with van der Waals surface area (Å²) in [5.41, 5.74) is 2.18. The number of hydrogen-bond donors (Lipinski definition) is 0. The molecule has 0 saturated heterocycles. The van der Waals surface area contributed by atoms with Crippen LogP contribution < -0.4 is 14.9 Å². The van der Waals surface area contributed by atoms with Crippen molar-refractivity contribution < 1.29 is 18.7 Å². The Hall–Kier alpha value is -3.08. The van der Waals surface area contributed by atoms with Crippen LogP contribution >= 0.6 is 0 Å². The van der Waals surface area contributed by atoms with Gasteiger partial charge in [-0.1, -0.05) is 25.1 Å². The van der Waals surface area contributed by atoms with E-state index in [4.69, 9.17) is 13.9 Å². The van der Waals surface area contributed by atoms with Gasteiger partial charge in [-0.3, -0.25) is 9.59 Å². The summed E-state index contributed by atoms with van der Waals surface area (Å²) in [6.45, 7) is 5.02. The van der Waals surface area contributed by atoms with E-state index in [-0.39, 0.29) is 5.43 Å². The summed E-state index contributed by atoms with van der Waals surface area (Å²) in [6, 6.07) is 10.7. The average Bonchev–Trinajstić information content (AvgIpc) is 2.61. The Balaban J connectivity index is 2.31. The molecule has 0 saturated carbocycles. The van der Waals surface area contributed by atoms with E-state index < -0.39 is 5.97 Å². The molecule has 1 heterocycles. The number of esters is 1. The predicted octanol–water partition coefficient (Wildman–Crippen LogP) is 4.26. The van der Waals surface area contributed by atoms with Crippen LogP contribution in [0.25, 0.3) is 22.1 Å². The summed E-state index contributed by atoms with van der Waals surface area (Å²) in [6.07, 6.45) is 0.621. The number of fused-ring (bicyclic) bond motifs is 1. The Morgan fingerprint density at radius 3 is 2.54 bits per heavy atom. The number of benzene rings is 2. The maximum Gasteiger partial charge on any atom is 0.308 e. The van der Waals surface area contributed by atoms with Crippen LogP contribution in [0.5, 0.6) is 11.5 Å². The fraction of sp³-hybridized carbons (Fsp3) is 0.238. The zero-order chi connectivity index (χ0) is 18.8. The Morgan fingerprint density at radius 1 is 1.15 bits per heavy atom. The SMILES string of the molecule is CCc1cc2c(=O)c(-c3ccccc3OC)c(C)oc2cc1OC(C)=O. The Bertz CT molecular complexity index is 1050. The fourth-order valence-electron chi connectivity index (χ4n) is 3.07. The van der Waals surface area contributed by atoms with Crippen molar-refractivity contribution in [1.29, 1.82) is 0 Å². The van der Waals surface area contributed by atoms with Gasteiger partial charge in [0.2, 0.25) is 5.43 Å². The van der Waals surface area contributed by atoms with Crippen LogP contribution in [-0.4, -0.2) is 13.1 Å². The number of carbonyl (C=O) groups is 1. The lowest BCUT2D eigenvalue weighted by molar-refractivity contribution is -0.131. The molecule has 3 rings (SSSR count). The fourth-order valence-corrected chi connectivity index (χ4v) is 3.07. The first-order chi connectivity index (χ1) is 12.5. The number of ether oxygens (including phenoxy) is 2. The van der Waals surface area contributed by atoms with E-state index in [0.29, 0.717) is 45.8 Å². The second-order valence-corrected chi connectivity index (χ2v) is 5.97.